The fourth-order valence-corrected chi connectivity index (χ4v) is 2.38. The molecule has 0 aliphatic rings. The predicted molar refractivity (Wildman–Crippen MR) is 94.7 cm³/mol. The minimum atomic E-state index is -1.43. The molecule has 27 heavy (non-hydrogen) atoms. The number of hydrogen-bond donors (Lipinski definition) is 5. The summed E-state index contributed by atoms with van der Waals surface area (Å²) in [6, 6.07) is 4.46. The first-order valence-electron chi connectivity index (χ1n) is 7.45. The van der Waals surface area contributed by atoms with E-state index in [4.69, 9.17) is 20.8 Å². The Labute approximate surface area is 160 Å². The Hall–Kier alpha value is -2.34. The molecule has 0 aliphatic carbocycles. The molecule has 0 saturated heterocycles. The lowest BCUT2D eigenvalue weighted by atomic mass is 10.1. The van der Waals surface area contributed by atoms with Gasteiger partial charge in [-0.2, -0.15) is 0 Å². The number of hydrogen-bond acceptors (Lipinski definition) is 6. The summed E-state index contributed by atoms with van der Waals surface area (Å²) >= 11 is 2.78. The highest BCUT2D eigenvalue weighted by atomic mass is 79.9. The minimum Gasteiger partial charge on any atom is -0.399 e. The van der Waals surface area contributed by atoms with Crippen LogP contribution in [0.1, 0.15) is 10.4 Å². The number of aliphatic hydroxyl groups excluding tert-OH is 2. The van der Waals surface area contributed by atoms with Gasteiger partial charge >= 0.3 is 0 Å². The highest BCUT2D eigenvalue weighted by Gasteiger charge is 2.23. The van der Waals surface area contributed by atoms with Crippen LogP contribution in [-0.2, 0) is 4.84 Å². The molecule has 1 unspecified atom stereocenters. The molecule has 0 radical (unpaired) electrons. The van der Waals surface area contributed by atoms with Crippen LogP contribution < -0.4 is 16.5 Å². The number of halogens is 4. The van der Waals surface area contributed by atoms with E-state index < -0.39 is 53.9 Å². The lowest BCUT2D eigenvalue weighted by Crippen LogP contribution is -2.30. The predicted octanol–water partition coefficient (Wildman–Crippen LogP) is 2.21. The number of amides is 1. The summed E-state index contributed by atoms with van der Waals surface area (Å²) in [5.74, 6) is -4.56. The number of nitrogens with two attached hydrogens (primary N) is 1. The van der Waals surface area contributed by atoms with Crippen molar-refractivity contribution in [1.29, 1.82) is 0 Å². The molecule has 11 heteroatoms. The van der Waals surface area contributed by atoms with Gasteiger partial charge in [-0.15, -0.1) is 0 Å². The number of hydroxylamine groups is 1. The van der Waals surface area contributed by atoms with E-state index in [0.717, 1.165) is 12.1 Å². The second-order valence-corrected chi connectivity index (χ2v) is 6.21. The van der Waals surface area contributed by atoms with Crippen molar-refractivity contribution in [3.8, 4) is 0 Å². The highest BCUT2D eigenvalue weighted by Crippen LogP contribution is 2.32. The van der Waals surface area contributed by atoms with Crippen molar-refractivity contribution in [2.45, 2.75) is 6.10 Å². The first kappa shape index (κ1) is 21.0. The van der Waals surface area contributed by atoms with Crippen LogP contribution in [0, 0.1) is 17.5 Å². The highest BCUT2D eigenvalue weighted by molar-refractivity contribution is 9.10. The summed E-state index contributed by atoms with van der Waals surface area (Å²) in [4.78, 5) is 16.9. The van der Waals surface area contributed by atoms with Crippen LogP contribution in [0.15, 0.2) is 28.7 Å². The van der Waals surface area contributed by atoms with Gasteiger partial charge in [-0.3, -0.25) is 9.63 Å². The molecule has 2 aromatic rings. The molecule has 0 aliphatic heterocycles. The zero-order valence-electron chi connectivity index (χ0n) is 13.6. The molecule has 146 valence electrons. The van der Waals surface area contributed by atoms with E-state index in [-0.39, 0.29) is 15.8 Å². The van der Waals surface area contributed by atoms with E-state index in [2.05, 4.69) is 21.2 Å². The first-order chi connectivity index (χ1) is 12.7. The summed E-state index contributed by atoms with van der Waals surface area (Å²) < 4.78 is 41.9. The first-order valence-corrected chi connectivity index (χ1v) is 8.24. The molecule has 7 nitrogen and oxygen atoms in total. The molecule has 0 bridgehead atoms. The van der Waals surface area contributed by atoms with Crippen molar-refractivity contribution in [3.63, 3.8) is 0 Å². The van der Waals surface area contributed by atoms with E-state index >= 15 is 0 Å². The lowest BCUT2D eigenvalue weighted by molar-refractivity contribution is -0.0295. The minimum absolute atomic E-state index is 0.120. The maximum absolute atomic E-state index is 14.4. The van der Waals surface area contributed by atoms with Crippen LogP contribution >= 0.6 is 15.9 Å². The summed E-state index contributed by atoms with van der Waals surface area (Å²) in [5, 5.41) is 20.2. The van der Waals surface area contributed by atoms with Gasteiger partial charge in [0.25, 0.3) is 5.91 Å². The van der Waals surface area contributed by atoms with E-state index in [0.29, 0.717) is 0 Å². The van der Waals surface area contributed by atoms with Crippen molar-refractivity contribution < 1.29 is 33.0 Å². The van der Waals surface area contributed by atoms with Gasteiger partial charge < -0.3 is 21.3 Å². The Morgan fingerprint density at radius 3 is 2.59 bits per heavy atom. The van der Waals surface area contributed by atoms with Crippen LogP contribution in [0.5, 0.6) is 0 Å². The second kappa shape index (κ2) is 9.04. The molecule has 1 atom stereocenters. The van der Waals surface area contributed by atoms with Crippen LogP contribution in [0.2, 0.25) is 0 Å². The van der Waals surface area contributed by atoms with Crippen LogP contribution in [0.25, 0.3) is 0 Å². The quantitative estimate of drug-likeness (QED) is 0.251. The van der Waals surface area contributed by atoms with E-state index in [1.54, 1.807) is 0 Å². The molecule has 6 N–H and O–H groups in total. The average Bonchev–Trinajstić information content (AvgIpc) is 2.63. The molecule has 2 aromatic carbocycles. The van der Waals surface area contributed by atoms with E-state index in [9.17, 15) is 18.0 Å². The molecule has 0 aromatic heterocycles. The third-order valence-corrected chi connectivity index (χ3v) is 3.89. The van der Waals surface area contributed by atoms with Crippen LogP contribution in [-0.4, -0.2) is 35.4 Å². The molecule has 2 rings (SSSR count). The van der Waals surface area contributed by atoms with E-state index in [1.165, 1.54) is 12.1 Å². The molecule has 0 saturated carbocycles. The Morgan fingerprint density at radius 1 is 1.26 bits per heavy atom. The van der Waals surface area contributed by atoms with Gasteiger partial charge in [-0.05, 0) is 40.2 Å². The number of aliphatic hydroxyl groups is 2. The largest absolute Gasteiger partial charge is 0.399 e. The number of carbonyl (C=O) groups is 1. The van der Waals surface area contributed by atoms with Gasteiger partial charge in [0.1, 0.15) is 18.5 Å². The molecular weight excluding hydrogens is 435 g/mol. The number of nitrogen functional groups attached to an aromatic ring is 1. The summed E-state index contributed by atoms with van der Waals surface area (Å²) in [6.45, 7) is -1.04. The number of carbonyl (C=O) groups excluding carboxylic acids is 1. The molecule has 1 amide bonds. The van der Waals surface area contributed by atoms with Crippen molar-refractivity contribution in [3.05, 3.63) is 51.8 Å². The number of nitrogens with one attached hydrogen (secondary N) is 2. The van der Waals surface area contributed by atoms with Crippen molar-refractivity contribution >= 4 is 38.9 Å². The Balaban J connectivity index is 2.34. The van der Waals surface area contributed by atoms with Crippen LogP contribution in [0.4, 0.5) is 30.2 Å². The van der Waals surface area contributed by atoms with Gasteiger partial charge in [0.15, 0.2) is 11.6 Å². The van der Waals surface area contributed by atoms with Gasteiger partial charge in [-0.25, -0.2) is 18.7 Å². The zero-order valence-corrected chi connectivity index (χ0v) is 15.2. The Kier molecular flexibility index (Phi) is 7.02. The van der Waals surface area contributed by atoms with Crippen molar-refractivity contribution in [2.75, 3.05) is 24.3 Å². The van der Waals surface area contributed by atoms with Gasteiger partial charge in [0.2, 0.25) is 0 Å². The second-order valence-electron chi connectivity index (χ2n) is 5.35. The fourth-order valence-electron chi connectivity index (χ4n) is 1.97. The smallest absolute Gasteiger partial charge is 0.277 e. The zero-order chi connectivity index (χ0) is 20.1. The number of anilines is 3. The summed E-state index contributed by atoms with van der Waals surface area (Å²) in [5.41, 5.74) is 6.19. The monoisotopic (exact) mass is 449 g/mol. The third-order valence-electron chi connectivity index (χ3n) is 3.31. The fraction of sp³-hybridized carbons (Fsp3) is 0.188. The van der Waals surface area contributed by atoms with Crippen LogP contribution in [0.3, 0.4) is 0 Å². The van der Waals surface area contributed by atoms with Crippen molar-refractivity contribution in [2.24, 2.45) is 0 Å². The topological polar surface area (TPSA) is 117 Å². The molecule has 0 fully saturated rings. The number of rotatable bonds is 7. The maximum atomic E-state index is 14.4. The normalized spacial score (nSPS) is 11.9. The average molecular weight is 450 g/mol. The standard InChI is InChI=1S/C16H15BrF3N3O4/c17-10-4-9(16(26)23-27-6-8(25)5-24)15(14(20)13(10)19)22-12-2-1-7(21)3-11(12)18/h1-4,8,22,24-25H,5-6,21H2,(H,23,26). The summed E-state index contributed by atoms with van der Waals surface area (Å²) in [7, 11) is 0. The Bertz CT molecular complexity index is 854. The van der Waals surface area contributed by atoms with Gasteiger partial charge in [-0.1, -0.05) is 0 Å². The number of benzene rings is 2. The third kappa shape index (κ3) is 5.10. The van der Waals surface area contributed by atoms with E-state index in [1.807, 2.05) is 5.48 Å². The SMILES string of the molecule is Nc1ccc(Nc2c(C(=O)NOCC(O)CO)cc(Br)c(F)c2F)c(F)c1. The Morgan fingerprint density at radius 2 is 1.96 bits per heavy atom. The lowest BCUT2D eigenvalue weighted by Gasteiger charge is -2.16. The molecule has 0 heterocycles. The molecule has 0 spiro atoms. The summed E-state index contributed by atoms with van der Waals surface area (Å²) in [6.07, 6.45) is -1.25. The van der Waals surface area contributed by atoms with Crippen molar-refractivity contribution in [1.82, 2.24) is 5.48 Å². The van der Waals surface area contributed by atoms with Gasteiger partial charge in [0.05, 0.1) is 28.0 Å². The maximum Gasteiger partial charge on any atom is 0.277 e. The van der Waals surface area contributed by atoms with Gasteiger partial charge in [0, 0.05) is 5.69 Å². The molecular formula is C16H15BrF3N3O4.